The molecular formula is C14H20BrFN2. The Bertz CT molecular complexity index is 391. The first-order valence-corrected chi connectivity index (χ1v) is 7.27. The van der Waals surface area contributed by atoms with Crippen LogP contribution in [0.3, 0.4) is 0 Å². The maximum atomic E-state index is 13.0. The summed E-state index contributed by atoms with van der Waals surface area (Å²) in [6.07, 6.45) is 2.52. The Morgan fingerprint density at radius 2 is 2.11 bits per heavy atom. The summed E-state index contributed by atoms with van der Waals surface area (Å²) in [6, 6.07) is 4.92. The third-order valence-electron chi connectivity index (χ3n) is 3.48. The molecule has 1 aliphatic rings. The predicted molar refractivity (Wildman–Crippen MR) is 76.0 cm³/mol. The molecule has 4 heteroatoms. The normalized spacial score (nSPS) is 17.3. The fourth-order valence-corrected chi connectivity index (χ4v) is 2.99. The molecule has 0 aliphatic carbocycles. The second-order valence-corrected chi connectivity index (χ2v) is 5.98. The molecule has 0 aromatic heterocycles. The molecule has 1 N–H and O–H groups in total. The summed E-state index contributed by atoms with van der Waals surface area (Å²) >= 11 is 3.42. The summed E-state index contributed by atoms with van der Waals surface area (Å²) in [5.41, 5.74) is 1.15. The Hall–Kier alpha value is -0.450. The number of benzene rings is 1. The van der Waals surface area contributed by atoms with Crippen LogP contribution in [0.1, 0.15) is 18.4 Å². The van der Waals surface area contributed by atoms with Crippen LogP contribution < -0.4 is 5.32 Å². The third-order valence-corrected chi connectivity index (χ3v) is 4.22. The Labute approximate surface area is 117 Å². The monoisotopic (exact) mass is 314 g/mol. The molecule has 1 fully saturated rings. The van der Waals surface area contributed by atoms with Gasteiger partial charge in [0.05, 0.1) is 0 Å². The molecule has 0 atom stereocenters. The smallest absolute Gasteiger partial charge is 0.124 e. The van der Waals surface area contributed by atoms with Crippen molar-refractivity contribution in [3.8, 4) is 0 Å². The van der Waals surface area contributed by atoms with E-state index >= 15 is 0 Å². The first kappa shape index (κ1) is 14.0. The van der Waals surface area contributed by atoms with Crippen molar-refractivity contribution in [1.29, 1.82) is 0 Å². The van der Waals surface area contributed by atoms with Gasteiger partial charge >= 0.3 is 0 Å². The fraction of sp³-hybridized carbons (Fsp3) is 0.571. The number of nitrogens with zero attached hydrogens (tertiary/aromatic N) is 1. The van der Waals surface area contributed by atoms with E-state index in [0.29, 0.717) is 0 Å². The van der Waals surface area contributed by atoms with E-state index in [1.54, 1.807) is 0 Å². The first-order chi connectivity index (χ1) is 8.65. The van der Waals surface area contributed by atoms with Crippen molar-refractivity contribution in [2.45, 2.75) is 19.4 Å². The SMILES string of the molecule is CN(Cc1ccc(F)cc1Br)CC1CCNCC1. The van der Waals surface area contributed by atoms with Crippen molar-refractivity contribution in [2.75, 3.05) is 26.7 Å². The van der Waals surface area contributed by atoms with Crippen molar-refractivity contribution >= 4 is 15.9 Å². The van der Waals surface area contributed by atoms with Crippen molar-refractivity contribution in [3.05, 3.63) is 34.1 Å². The van der Waals surface area contributed by atoms with Crippen LogP contribution in [0.15, 0.2) is 22.7 Å². The lowest BCUT2D eigenvalue weighted by atomic mass is 9.97. The first-order valence-electron chi connectivity index (χ1n) is 6.48. The lowest BCUT2D eigenvalue weighted by Crippen LogP contribution is -2.34. The highest BCUT2D eigenvalue weighted by Gasteiger charge is 2.15. The predicted octanol–water partition coefficient (Wildman–Crippen LogP) is 3.02. The maximum absolute atomic E-state index is 13.0. The van der Waals surface area contributed by atoms with Gasteiger partial charge in [-0.15, -0.1) is 0 Å². The zero-order valence-corrected chi connectivity index (χ0v) is 12.3. The van der Waals surface area contributed by atoms with Gasteiger partial charge in [-0.2, -0.15) is 0 Å². The number of piperidine rings is 1. The number of rotatable bonds is 4. The van der Waals surface area contributed by atoms with Crippen LogP contribution in [0.4, 0.5) is 4.39 Å². The van der Waals surface area contributed by atoms with Gasteiger partial charge in [0.25, 0.3) is 0 Å². The summed E-state index contributed by atoms with van der Waals surface area (Å²) < 4.78 is 13.9. The maximum Gasteiger partial charge on any atom is 0.124 e. The van der Waals surface area contributed by atoms with Crippen molar-refractivity contribution in [3.63, 3.8) is 0 Å². The fourth-order valence-electron chi connectivity index (χ4n) is 2.51. The Balaban J connectivity index is 1.87. The molecule has 2 rings (SSSR count). The van der Waals surface area contributed by atoms with Gasteiger partial charge in [0.15, 0.2) is 0 Å². The highest BCUT2D eigenvalue weighted by Crippen LogP contribution is 2.20. The quantitative estimate of drug-likeness (QED) is 0.919. The molecule has 0 saturated carbocycles. The van der Waals surface area contributed by atoms with Crippen LogP contribution in [0.5, 0.6) is 0 Å². The van der Waals surface area contributed by atoms with Gasteiger partial charge in [-0.05, 0) is 56.6 Å². The molecule has 0 spiro atoms. The number of nitrogens with one attached hydrogen (secondary N) is 1. The van der Waals surface area contributed by atoms with Gasteiger partial charge in [0.1, 0.15) is 5.82 Å². The van der Waals surface area contributed by atoms with E-state index in [2.05, 4.69) is 33.2 Å². The molecule has 0 amide bonds. The molecule has 0 radical (unpaired) electrons. The second kappa shape index (κ2) is 6.64. The summed E-state index contributed by atoms with van der Waals surface area (Å²) in [4.78, 5) is 2.33. The molecule has 1 aliphatic heterocycles. The molecule has 0 unspecified atom stereocenters. The molecule has 18 heavy (non-hydrogen) atoms. The third kappa shape index (κ3) is 4.04. The minimum atomic E-state index is -0.188. The van der Waals surface area contributed by atoms with E-state index in [0.717, 1.165) is 42.1 Å². The van der Waals surface area contributed by atoms with Gasteiger partial charge in [0.2, 0.25) is 0 Å². The topological polar surface area (TPSA) is 15.3 Å². The van der Waals surface area contributed by atoms with Gasteiger partial charge < -0.3 is 10.2 Å². The van der Waals surface area contributed by atoms with Gasteiger partial charge in [-0.3, -0.25) is 0 Å². The zero-order chi connectivity index (χ0) is 13.0. The molecule has 2 nitrogen and oxygen atoms in total. The van der Waals surface area contributed by atoms with Crippen molar-refractivity contribution in [2.24, 2.45) is 5.92 Å². The molecular weight excluding hydrogens is 295 g/mol. The summed E-state index contributed by atoms with van der Waals surface area (Å²) in [5.74, 6) is 0.599. The molecule has 1 aromatic rings. The minimum Gasteiger partial charge on any atom is -0.317 e. The Kier molecular flexibility index (Phi) is 5.15. The van der Waals surface area contributed by atoms with E-state index in [1.165, 1.54) is 25.0 Å². The molecule has 1 saturated heterocycles. The average Bonchev–Trinajstić information content (AvgIpc) is 2.34. The molecule has 0 bridgehead atoms. The average molecular weight is 315 g/mol. The Morgan fingerprint density at radius 3 is 2.78 bits per heavy atom. The van der Waals surface area contributed by atoms with Crippen molar-refractivity contribution in [1.82, 2.24) is 10.2 Å². The van der Waals surface area contributed by atoms with Crippen LogP contribution in [-0.2, 0) is 6.54 Å². The van der Waals surface area contributed by atoms with Crippen LogP contribution in [0.2, 0.25) is 0 Å². The summed E-state index contributed by atoms with van der Waals surface area (Å²) in [6.45, 7) is 4.26. The van der Waals surface area contributed by atoms with E-state index in [1.807, 2.05) is 6.07 Å². The zero-order valence-electron chi connectivity index (χ0n) is 10.8. The van der Waals surface area contributed by atoms with Crippen LogP contribution >= 0.6 is 15.9 Å². The van der Waals surface area contributed by atoms with Crippen LogP contribution in [-0.4, -0.2) is 31.6 Å². The number of hydrogen-bond acceptors (Lipinski definition) is 2. The van der Waals surface area contributed by atoms with E-state index in [4.69, 9.17) is 0 Å². The van der Waals surface area contributed by atoms with Gasteiger partial charge in [-0.25, -0.2) is 4.39 Å². The highest BCUT2D eigenvalue weighted by atomic mass is 79.9. The summed E-state index contributed by atoms with van der Waals surface area (Å²) in [5, 5.41) is 3.39. The minimum absolute atomic E-state index is 0.188. The highest BCUT2D eigenvalue weighted by molar-refractivity contribution is 9.10. The lowest BCUT2D eigenvalue weighted by Gasteiger charge is -2.27. The molecule has 100 valence electrons. The lowest BCUT2D eigenvalue weighted by molar-refractivity contribution is 0.234. The van der Waals surface area contributed by atoms with Crippen molar-refractivity contribution < 1.29 is 4.39 Å². The molecule has 1 aromatic carbocycles. The Morgan fingerprint density at radius 1 is 1.39 bits per heavy atom. The van der Waals surface area contributed by atoms with E-state index in [-0.39, 0.29) is 5.82 Å². The number of halogens is 2. The largest absolute Gasteiger partial charge is 0.317 e. The van der Waals surface area contributed by atoms with E-state index < -0.39 is 0 Å². The van der Waals surface area contributed by atoms with Crippen LogP contribution in [0.25, 0.3) is 0 Å². The number of hydrogen-bond donors (Lipinski definition) is 1. The summed E-state index contributed by atoms with van der Waals surface area (Å²) in [7, 11) is 2.14. The van der Waals surface area contributed by atoms with Gasteiger partial charge in [-0.1, -0.05) is 22.0 Å². The standard InChI is InChI=1S/C14H20BrFN2/c1-18(9-11-4-6-17-7-5-11)10-12-2-3-13(16)8-14(12)15/h2-3,8,11,17H,4-7,9-10H2,1H3. The van der Waals surface area contributed by atoms with E-state index in [9.17, 15) is 4.39 Å². The van der Waals surface area contributed by atoms with Gasteiger partial charge in [0, 0.05) is 17.6 Å². The van der Waals surface area contributed by atoms with Crippen LogP contribution in [0, 0.1) is 11.7 Å². The molecule has 1 heterocycles. The second-order valence-electron chi connectivity index (χ2n) is 5.13.